The van der Waals surface area contributed by atoms with Gasteiger partial charge in [0.05, 0.1) is 19.3 Å². The van der Waals surface area contributed by atoms with Gasteiger partial charge in [0.2, 0.25) is 0 Å². The molecule has 1 heterocycles. The van der Waals surface area contributed by atoms with E-state index in [9.17, 15) is 4.79 Å². The number of rotatable bonds is 4. The van der Waals surface area contributed by atoms with Crippen LogP contribution in [0.15, 0.2) is 24.3 Å². The van der Waals surface area contributed by atoms with E-state index in [4.69, 9.17) is 9.47 Å². The van der Waals surface area contributed by atoms with Crippen LogP contribution in [0.4, 0.5) is 10.5 Å². The lowest BCUT2D eigenvalue weighted by atomic mass is 10.1. The van der Waals surface area contributed by atoms with Gasteiger partial charge in [-0.3, -0.25) is 0 Å². The highest BCUT2D eigenvalue weighted by atomic mass is 16.5. The number of amides is 2. The average molecular weight is 264 g/mol. The van der Waals surface area contributed by atoms with E-state index in [2.05, 4.69) is 10.6 Å². The molecular weight excluding hydrogens is 244 g/mol. The fourth-order valence-electron chi connectivity index (χ4n) is 2.14. The molecule has 1 aromatic rings. The fraction of sp³-hybridized carbons (Fsp3) is 0.500. The van der Waals surface area contributed by atoms with Gasteiger partial charge in [0.1, 0.15) is 5.75 Å². The van der Waals surface area contributed by atoms with Crippen molar-refractivity contribution in [2.24, 2.45) is 0 Å². The summed E-state index contributed by atoms with van der Waals surface area (Å²) < 4.78 is 10.6. The van der Waals surface area contributed by atoms with Crippen molar-refractivity contribution in [1.82, 2.24) is 5.32 Å². The summed E-state index contributed by atoms with van der Waals surface area (Å²) in [5, 5.41) is 5.68. The van der Waals surface area contributed by atoms with E-state index in [-0.39, 0.29) is 18.2 Å². The van der Waals surface area contributed by atoms with Crippen LogP contribution in [-0.4, -0.2) is 31.9 Å². The maximum Gasteiger partial charge on any atom is 0.319 e. The lowest BCUT2D eigenvalue weighted by Gasteiger charge is -2.20. The third-order valence-electron chi connectivity index (χ3n) is 3.23. The van der Waals surface area contributed by atoms with E-state index in [1.807, 2.05) is 6.92 Å². The SMILES string of the molecule is COc1ccc(NC(=O)NC(C)C2CCCO2)cc1. The van der Waals surface area contributed by atoms with Crippen molar-refractivity contribution in [2.45, 2.75) is 31.9 Å². The molecular formula is C14H20N2O3. The van der Waals surface area contributed by atoms with Crippen LogP contribution in [0.1, 0.15) is 19.8 Å². The first kappa shape index (κ1) is 13.7. The summed E-state index contributed by atoms with van der Waals surface area (Å²) in [6, 6.07) is 7.01. The Balaban J connectivity index is 1.82. The summed E-state index contributed by atoms with van der Waals surface area (Å²) in [4.78, 5) is 11.8. The smallest absolute Gasteiger partial charge is 0.319 e. The number of carbonyl (C=O) groups excluding carboxylic acids is 1. The lowest BCUT2D eigenvalue weighted by Crippen LogP contribution is -2.42. The molecule has 0 radical (unpaired) electrons. The lowest BCUT2D eigenvalue weighted by molar-refractivity contribution is 0.0868. The largest absolute Gasteiger partial charge is 0.497 e. The Kier molecular flexibility index (Phi) is 4.63. The van der Waals surface area contributed by atoms with Gasteiger partial charge >= 0.3 is 6.03 Å². The van der Waals surface area contributed by atoms with Crippen LogP contribution < -0.4 is 15.4 Å². The molecule has 0 aliphatic carbocycles. The van der Waals surface area contributed by atoms with E-state index in [0.29, 0.717) is 0 Å². The van der Waals surface area contributed by atoms with E-state index in [0.717, 1.165) is 30.9 Å². The van der Waals surface area contributed by atoms with Crippen LogP contribution in [-0.2, 0) is 4.74 Å². The minimum atomic E-state index is -0.215. The second-order valence-corrected chi connectivity index (χ2v) is 4.67. The summed E-state index contributed by atoms with van der Waals surface area (Å²) in [6.45, 7) is 2.75. The molecule has 1 fully saturated rings. The van der Waals surface area contributed by atoms with E-state index in [1.54, 1.807) is 31.4 Å². The Morgan fingerprint density at radius 2 is 2.16 bits per heavy atom. The predicted octanol–water partition coefficient (Wildman–Crippen LogP) is 2.38. The number of urea groups is 1. The average Bonchev–Trinajstić information content (AvgIpc) is 2.93. The van der Waals surface area contributed by atoms with Gasteiger partial charge in [-0.2, -0.15) is 0 Å². The quantitative estimate of drug-likeness (QED) is 0.877. The van der Waals surface area contributed by atoms with Crippen molar-refractivity contribution in [1.29, 1.82) is 0 Å². The molecule has 2 atom stereocenters. The molecule has 2 unspecified atom stereocenters. The molecule has 2 amide bonds. The molecule has 0 saturated carbocycles. The highest BCUT2D eigenvalue weighted by Gasteiger charge is 2.23. The molecule has 5 heteroatoms. The number of nitrogens with one attached hydrogen (secondary N) is 2. The molecule has 1 aromatic carbocycles. The molecule has 5 nitrogen and oxygen atoms in total. The van der Waals surface area contributed by atoms with Crippen LogP contribution in [0.25, 0.3) is 0 Å². The number of methoxy groups -OCH3 is 1. The molecule has 1 aliphatic heterocycles. The zero-order valence-electron chi connectivity index (χ0n) is 11.3. The summed E-state index contributed by atoms with van der Waals surface area (Å²) in [5.74, 6) is 0.763. The maximum atomic E-state index is 11.8. The van der Waals surface area contributed by atoms with E-state index >= 15 is 0 Å². The van der Waals surface area contributed by atoms with Crippen LogP contribution in [0.3, 0.4) is 0 Å². The minimum Gasteiger partial charge on any atom is -0.497 e. The van der Waals surface area contributed by atoms with Crippen LogP contribution in [0.2, 0.25) is 0 Å². The summed E-state index contributed by atoms with van der Waals surface area (Å²) >= 11 is 0. The molecule has 104 valence electrons. The number of benzene rings is 1. The zero-order chi connectivity index (χ0) is 13.7. The standard InChI is InChI=1S/C14H20N2O3/c1-10(13-4-3-9-19-13)15-14(17)16-11-5-7-12(18-2)8-6-11/h5-8,10,13H,3-4,9H2,1-2H3,(H2,15,16,17). The molecule has 19 heavy (non-hydrogen) atoms. The van der Waals surface area contributed by atoms with Gasteiger partial charge in [0, 0.05) is 12.3 Å². The molecule has 0 spiro atoms. The number of hydrogen-bond acceptors (Lipinski definition) is 3. The Bertz CT molecular complexity index is 413. The predicted molar refractivity (Wildman–Crippen MR) is 73.6 cm³/mol. The van der Waals surface area contributed by atoms with Gasteiger partial charge in [-0.05, 0) is 44.0 Å². The second kappa shape index (κ2) is 6.43. The van der Waals surface area contributed by atoms with Crippen molar-refractivity contribution >= 4 is 11.7 Å². The maximum absolute atomic E-state index is 11.8. The van der Waals surface area contributed by atoms with E-state index < -0.39 is 0 Å². The van der Waals surface area contributed by atoms with Gasteiger partial charge < -0.3 is 20.1 Å². The highest BCUT2D eigenvalue weighted by molar-refractivity contribution is 5.89. The van der Waals surface area contributed by atoms with Gasteiger partial charge in [0.25, 0.3) is 0 Å². The van der Waals surface area contributed by atoms with Crippen molar-refractivity contribution in [2.75, 3.05) is 19.0 Å². The summed E-state index contributed by atoms with van der Waals surface area (Å²) in [7, 11) is 1.61. The number of carbonyl (C=O) groups is 1. The normalized spacial score (nSPS) is 19.8. The van der Waals surface area contributed by atoms with Crippen LogP contribution >= 0.6 is 0 Å². The molecule has 2 rings (SSSR count). The molecule has 1 aliphatic rings. The van der Waals surface area contributed by atoms with Gasteiger partial charge in [-0.25, -0.2) is 4.79 Å². The second-order valence-electron chi connectivity index (χ2n) is 4.67. The first-order valence-electron chi connectivity index (χ1n) is 6.52. The summed E-state index contributed by atoms with van der Waals surface area (Å²) in [6.07, 6.45) is 2.20. The van der Waals surface area contributed by atoms with Crippen molar-refractivity contribution < 1.29 is 14.3 Å². The van der Waals surface area contributed by atoms with Crippen molar-refractivity contribution in [3.8, 4) is 5.75 Å². The Hall–Kier alpha value is -1.75. The summed E-state index contributed by atoms with van der Waals surface area (Å²) in [5.41, 5.74) is 0.734. The Labute approximate surface area is 113 Å². The third-order valence-corrected chi connectivity index (χ3v) is 3.23. The van der Waals surface area contributed by atoms with Gasteiger partial charge in [-0.15, -0.1) is 0 Å². The van der Waals surface area contributed by atoms with Gasteiger partial charge in [-0.1, -0.05) is 0 Å². The molecule has 1 saturated heterocycles. The number of anilines is 1. The third kappa shape index (κ3) is 3.86. The molecule has 2 N–H and O–H groups in total. The van der Waals surface area contributed by atoms with Crippen molar-refractivity contribution in [3.05, 3.63) is 24.3 Å². The van der Waals surface area contributed by atoms with E-state index in [1.165, 1.54) is 0 Å². The topological polar surface area (TPSA) is 59.6 Å². The zero-order valence-corrected chi connectivity index (χ0v) is 11.3. The highest BCUT2D eigenvalue weighted by Crippen LogP contribution is 2.16. The van der Waals surface area contributed by atoms with Gasteiger partial charge in [0.15, 0.2) is 0 Å². The minimum absolute atomic E-state index is 0.0146. The number of hydrogen-bond donors (Lipinski definition) is 2. The number of ether oxygens (including phenoxy) is 2. The molecule has 0 bridgehead atoms. The fourth-order valence-corrected chi connectivity index (χ4v) is 2.14. The first-order valence-corrected chi connectivity index (χ1v) is 6.52. The van der Waals surface area contributed by atoms with Crippen LogP contribution in [0, 0.1) is 0 Å². The van der Waals surface area contributed by atoms with Crippen LogP contribution in [0.5, 0.6) is 5.75 Å². The first-order chi connectivity index (χ1) is 9.19. The Morgan fingerprint density at radius 3 is 2.74 bits per heavy atom. The Morgan fingerprint density at radius 1 is 1.42 bits per heavy atom. The molecule has 0 aromatic heterocycles. The monoisotopic (exact) mass is 264 g/mol. The van der Waals surface area contributed by atoms with Crippen molar-refractivity contribution in [3.63, 3.8) is 0 Å².